The van der Waals surface area contributed by atoms with Crippen LogP contribution in [0.25, 0.3) is 0 Å². The van der Waals surface area contributed by atoms with Crippen molar-refractivity contribution in [2.75, 3.05) is 10.6 Å². The molecule has 1 heterocycles. The molecule has 0 fully saturated rings. The van der Waals surface area contributed by atoms with Crippen LogP contribution in [-0.2, 0) is 4.79 Å². The highest BCUT2D eigenvalue weighted by Crippen LogP contribution is 2.36. The van der Waals surface area contributed by atoms with Gasteiger partial charge >= 0.3 is 0 Å². The first-order valence-corrected chi connectivity index (χ1v) is 8.07. The molecule has 0 aliphatic carbocycles. The van der Waals surface area contributed by atoms with Crippen molar-refractivity contribution in [1.29, 1.82) is 0 Å². The van der Waals surface area contributed by atoms with Gasteiger partial charge in [-0.25, -0.2) is 0 Å². The first-order chi connectivity index (χ1) is 10.5. The number of hydrogen-bond donors (Lipinski definition) is 3. The summed E-state index contributed by atoms with van der Waals surface area (Å²) in [5.41, 5.74) is 1.89. The third-order valence-corrected chi connectivity index (χ3v) is 4.77. The number of nitrogens with one attached hydrogen (secondary N) is 2. The fourth-order valence-corrected chi connectivity index (χ4v) is 3.18. The van der Waals surface area contributed by atoms with E-state index >= 15 is 0 Å². The van der Waals surface area contributed by atoms with E-state index in [1.165, 1.54) is 11.8 Å². The number of thioether (sulfide) groups is 1. The molecule has 1 aliphatic heterocycles. The molecule has 4 nitrogen and oxygen atoms in total. The van der Waals surface area contributed by atoms with Crippen LogP contribution in [0.15, 0.2) is 52.3 Å². The van der Waals surface area contributed by atoms with E-state index in [-0.39, 0.29) is 17.1 Å². The number of benzene rings is 2. The van der Waals surface area contributed by atoms with E-state index in [1.807, 2.05) is 25.1 Å². The second-order valence-corrected chi connectivity index (χ2v) is 6.86. The minimum Gasteiger partial charge on any atom is -0.324 e. The topological polar surface area (TPSA) is 58.2 Å². The number of rotatable bonds is 2. The highest BCUT2D eigenvalue weighted by molar-refractivity contribution is 8.00. The van der Waals surface area contributed by atoms with Crippen LogP contribution in [0.5, 0.6) is 0 Å². The third kappa shape index (κ3) is 3.13. The second kappa shape index (κ2) is 6.06. The molecule has 0 aromatic heterocycles. The Morgan fingerprint density at radius 3 is 2.68 bits per heavy atom. The summed E-state index contributed by atoms with van der Waals surface area (Å²) in [7, 11) is 0. The maximum atomic E-state index is 12.3. The van der Waals surface area contributed by atoms with E-state index in [4.69, 9.17) is 0 Å². The van der Waals surface area contributed by atoms with E-state index in [2.05, 4.69) is 23.3 Å². The van der Waals surface area contributed by atoms with E-state index in [0.29, 0.717) is 16.9 Å². The van der Waals surface area contributed by atoms with Gasteiger partial charge in [0.1, 0.15) is 0 Å². The molecule has 3 rings (SSSR count). The van der Waals surface area contributed by atoms with Gasteiger partial charge in [0.05, 0.1) is 10.9 Å². The van der Waals surface area contributed by atoms with Gasteiger partial charge in [-0.3, -0.25) is 9.59 Å². The van der Waals surface area contributed by atoms with Crippen LogP contribution >= 0.6 is 24.4 Å². The second-order valence-electron chi connectivity index (χ2n) is 4.96. The van der Waals surface area contributed by atoms with Gasteiger partial charge < -0.3 is 10.6 Å². The predicted octanol–water partition coefficient (Wildman–Crippen LogP) is 3.66. The lowest BCUT2D eigenvalue weighted by molar-refractivity contribution is -0.115. The molecular weight excluding hydrogens is 316 g/mol. The quantitative estimate of drug-likeness (QED) is 0.737. The zero-order chi connectivity index (χ0) is 15.7. The van der Waals surface area contributed by atoms with Gasteiger partial charge in [-0.1, -0.05) is 0 Å². The first kappa shape index (κ1) is 15.0. The van der Waals surface area contributed by atoms with Gasteiger partial charge in [-0.15, -0.1) is 24.4 Å². The number of hydrogen-bond acceptors (Lipinski definition) is 4. The van der Waals surface area contributed by atoms with Crippen LogP contribution < -0.4 is 10.6 Å². The van der Waals surface area contributed by atoms with Crippen LogP contribution in [0, 0.1) is 0 Å². The summed E-state index contributed by atoms with van der Waals surface area (Å²) in [5, 5.41) is 5.53. The zero-order valence-electron chi connectivity index (χ0n) is 11.8. The van der Waals surface area contributed by atoms with Crippen molar-refractivity contribution in [3.8, 4) is 0 Å². The molecule has 22 heavy (non-hydrogen) atoms. The summed E-state index contributed by atoms with van der Waals surface area (Å²) < 4.78 is 0. The molecule has 112 valence electrons. The highest BCUT2D eigenvalue weighted by Gasteiger charge is 2.23. The van der Waals surface area contributed by atoms with Crippen molar-refractivity contribution < 1.29 is 9.59 Å². The average molecular weight is 330 g/mol. The molecule has 0 saturated heterocycles. The van der Waals surface area contributed by atoms with E-state index in [1.54, 1.807) is 24.3 Å². The summed E-state index contributed by atoms with van der Waals surface area (Å²) in [6, 6.07) is 12.5. The number of carbonyl (C=O) groups excluding carboxylic acids is 2. The average Bonchev–Trinajstić information content (AvgIpc) is 2.50. The zero-order valence-corrected chi connectivity index (χ0v) is 13.5. The maximum Gasteiger partial charge on any atom is 0.255 e. The molecule has 2 aromatic carbocycles. The molecule has 2 aromatic rings. The number of fused-ring (bicyclic) bond motifs is 1. The summed E-state index contributed by atoms with van der Waals surface area (Å²) in [6.45, 7) is 1.86. The normalized spacial score (nSPS) is 16.6. The van der Waals surface area contributed by atoms with Gasteiger partial charge in [0, 0.05) is 21.0 Å². The van der Waals surface area contributed by atoms with E-state index in [0.717, 1.165) is 9.79 Å². The van der Waals surface area contributed by atoms with Gasteiger partial charge in [0.2, 0.25) is 5.91 Å². The minimum atomic E-state index is -0.215. The van der Waals surface area contributed by atoms with Gasteiger partial charge in [0.15, 0.2) is 0 Å². The van der Waals surface area contributed by atoms with Crippen molar-refractivity contribution in [2.24, 2.45) is 0 Å². The van der Waals surface area contributed by atoms with Crippen LogP contribution in [0.3, 0.4) is 0 Å². The molecule has 0 spiro atoms. The molecule has 1 unspecified atom stereocenters. The Labute approximate surface area is 138 Å². The van der Waals surface area contributed by atoms with E-state index in [9.17, 15) is 9.59 Å². The highest BCUT2D eigenvalue weighted by atomic mass is 32.2. The number of amides is 2. The molecule has 1 aliphatic rings. The molecule has 2 amide bonds. The van der Waals surface area contributed by atoms with Crippen molar-refractivity contribution in [1.82, 2.24) is 0 Å². The molecule has 0 bridgehead atoms. The SMILES string of the molecule is CC1Sc2ccc(C(=O)Nc3ccc(S)cc3)cc2NC1=O. The van der Waals surface area contributed by atoms with Crippen molar-refractivity contribution in [3.05, 3.63) is 48.0 Å². The Bertz CT molecular complexity index is 744. The molecular formula is C16H14N2O2S2. The number of thiol groups is 1. The molecule has 0 radical (unpaired) electrons. The van der Waals surface area contributed by atoms with Crippen molar-refractivity contribution in [3.63, 3.8) is 0 Å². The van der Waals surface area contributed by atoms with Crippen LogP contribution in [0.4, 0.5) is 11.4 Å². The minimum absolute atomic E-state index is 0.0422. The van der Waals surface area contributed by atoms with E-state index < -0.39 is 0 Å². The summed E-state index contributed by atoms with van der Waals surface area (Å²) >= 11 is 5.70. The predicted molar refractivity (Wildman–Crippen MR) is 92.0 cm³/mol. The summed E-state index contributed by atoms with van der Waals surface area (Å²) in [4.78, 5) is 25.8. The van der Waals surface area contributed by atoms with Crippen LogP contribution in [0.1, 0.15) is 17.3 Å². The van der Waals surface area contributed by atoms with Crippen molar-refractivity contribution >= 4 is 47.6 Å². The monoisotopic (exact) mass is 330 g/mol. The first-order valence-electron chi connectivity index (χ1n) is 6.75. The Kier molecular flexibility index (Phi) is 4.13. The van der Waals surface area contributed by atoms with Gasteiger partial charge in [-0.2, -0.15) is 0 Å². The Balaban J connectivity index is 1.80. The lowest BCUT2D eigenvalue weighted by Crippen LogP contribution is -2.26. The molecule has 2 N–H and O–H groups in total. The fraction of sp³-hybridized carbons (Fsp3) is 0.125. The fourth-order valence-electron chi connectivity index (χ4n) is 2.10. The molecule has 1 atom stereocenters. The Hall–Kier alpha value is -1.92. The van der Waals surface area contributed by atoms with Gasteiger partial charge in [-0.05, 0) is 49.4 Å². The van der Waals surface area contributed by atoms with Crippen LogP contribution in [-0.4, -0.2) is 17.1 Å². The van der Waals surface area contributed by atoms with Crippen LogP contribution in [0.2, 0.25) is 0 Å². The molecule has 6 heteroatoms. The standard InChI is InChI=1S/C16H14N2O2S2/c1-9-15(19)18-13-8-10(2-7-14(13)22-9)16(20)17-11-3-5-12(21)6-4-11/h2-9,21H,1H3,(H,17,20)(H,18,19). The largest absolute Gasteiger partial charge is 0.324 e. The number of carbonyl (C=O) groups is 2. The lowest BCUT2D eigenvalue weighted by Gasteiger charge is -2.21. The summed E-state index contributed by atoms with van der Waals surface area (Å²) in [5.74, 6) is -0.257. The molecule has 0 saturated carbocycles. The Morgan fingerprint density at radius 1 is 1.23 bits per heavy atom. The Morgan fingerprint density at radius 2 is 1.95 bits per heavy atom. The summed E-state index contributed by atoms with van der Waals surface area (Å²) in [6.07, 6.45) is 0. The number of anilines is 2. The maximum absolute atomic E-state index is 12.3. The smallest absolute Gasteiger partial charge is 0.255 e. The third-order valence-electron chi connectivity index (χ3n) is 3.30. The van der Waals surface area contributed by atoms with Crippen molar-refractivity contribution in [2.45, 2.75) is 22.0 Å². The van der Waals surface area contributed by atoms with Gasteiger partial charge in [0.25, 0.3) is 5.91 Å². The lowest BCUT2D eigenvalue weighted by atomic mass is 10.1.